The molecule has 2 aromatic carbocycles. The number of hydrogen-bond acceptors (Lipinski definition) is 4. The van der Waals surface area contributed by atoms with E-state index in [1.54, 1.807) is 0 Å². The second-order valence-electron chi connectivity index (χ2n) is 8.68. The van der Waals surface area contributed by atoms with Crippen LogP contribution in [0.1, 0.15) is 35.6 Å². The van der Waals surface area contributed by atoms with Crippen molar-refractivity contribution in [1.82, 2.24) is 20.4 Å². The lowest BCUT2D eigenvalue weighted by atomic mass is 10.1. The lowest BCUT2D eigenvalue weighted by molar-refractivity contribution is 0.0342. The molecule has 0 aromatic heterocycles. The van der Waals surface area contributed by atoms with E-state index in [1.807, 2.05) is 7.05 Å². The highest BCUT2D eigenvalue weighted by atomic mass is 16.5. The molecule has 2 N–H and O–H groups in total. The van der Waals surface area contributed by atoms with Crippen LogP contribution in [-0.2, 0) is 17.8 Å². The van der Waals surface area contributed by atoms with Crippen LogP contribution >= 0.6 is 0 Å². The van der Waals surface area contributed by atoms with Gasteiger partial charge in [0.05, 0.1) is 19.3 Å². The Labute approximate surface area is 192 Å². The van der Waals surface area contributed by atoms with Gasteiger partial charge in [0, 0.05) is 39.8 Å². The van der Waals surface area contributed by atoms with Crippen LogP contribution in [0.25, 0.3) is 0 Å². The molecule has 2 saturated heterocycles. The van der Waals surface area contributed by atoms with Gasteiger partial charge in [0.25, 0.3) is 0 Å². The van der Waals surface area contributed by atoms with Crippen LogP contribution in [0, 0.1) is 0 Å². The van der Waals surface area contributed by atoms with Crippen LogP contribution in [-0.4, -0.2) is 68.7 Å². The summed E-state index contributed by atoms with van der Waals surface area (Å²) in [5.74, 6) is 0.850. The SMILES string of the molecule is CN=C(NCc1ccc(CN2CCOCC2)cc1)NCC(c1ccccc1)N1CCCC1. The fourth-order valence-electron chi connectivity index (χ4n) is 4.57. The predicted molar refractivity (Wildman–Crippen MR) is 131 cm³/mol. The molecule has 2 aliphatic heterocycles. The summed E-state index contributed by atoms with van der Waals surface area (Å²) in [5.41, 5.74) is 3.99. The maximum atomic E-state index is 5.44. The number of nitrogens with zero attached hydrogens (tertiary/aromatic N) is 3. The van der Waals surface area contributed by atoms with E-state index in [2.05, 4.69) is 80.0 Å². The van der Waals surface area contributed by atoms with Gasteiger partial charge in [-0.1, -0.05) is 54.6 Å². The number of ether oxygens (including phenoxy) is 1. The van der Waals surface area contributed by atoms with Crippen molar-refractivity contribution in [3.05, 3.63) is 71.3 Å². The second kappa shape index (κ2) is 12.0. The summed E-state index contributed by atoms with van der Waals surface area (Å²) in [6.07, 6.45) is 2.58. The number of morpholine rings is 1. The average Bonchev–Trinajstić information content (AvgIpc) is 3.38. The van der Waals surface area contributed by atoms with Crippen molar-refractivity contribution in [2.45, 2.75) is 32.0 Å². The highest BCUT2D eigenvalue weighted by molar-refractivity contribution is 5.79. The monoisotopic (exact) mass is 435 g/mol. The number of aliphatic imine (C=N–C) groups is 1. The predicted octanol–water partition coefficient (Wildman–Crippen LogP) is 3.02. The van der Waals surface area contributed by atoms with Crippen molar-refractivity contribution in [3.63, 3.8) is 0 Å². The number of hydrogen-bond donors (Lipinski definition) is 2. The Morgan fingerprint density at radius 1 is 0.906 bits per heavy atom. The van der Waals surface area contributed by atoms with Gasteiger partial charge in [0.2, 0.25) is 0 Å². The topological polar surface area (TPSA) is 52.1 Å². The molecule has 0 bridgehead atoms. The van der Waals surface area contributed by atoms with Gasteiger partial charge in [0.1, 0.15) is 0 Å². The fraction of sp³-hybridized carbons (Fsp3) is 0.500. The van der Waals surface area contributed by atoms with Crippen molar-refractivity contribution in [1.29, 1.82) is 0 Å². The van der Waals surface area contributed by atoms with Crippen molar-refractivity contribution in [3.8, 4) is 0 Å². The lowest BCUT2D eigenvalue weighted by Crippen LogP contribution is -2.42. The van der Waals surface area contributed by atoms with Crippen LogP contribution in [0.5, 0.6) is 0 Å². The zero-order chi connectivity index (χ0) is 22.0. The van der Waals surface area contributed by atoms with Crippen molar-refractivity contribution in [2.75, 3.05) is 53.0 Å². The largest absolute Gasteiger partial charge is 0.379 e. The molecule has 0 radical (unpaired) electrons. The summed E-state index contributed by atoms with van der Waals surface area (Å²) in [4.78, 5) is 9.48. The Morgan fingerprint density at radius 3 is 2.28 bits per heavy atom. The van der Waals surface area contributed by atoms with E-state index < -0.39 is 0 Å². The van der Waals surface area contributed by atoms with Crippen LogP contribution in [0.3, 0.4) is 0 Å². The minimum atomic E-state index is 0.372. The van der Waals surface area contributed by atoms with Gasteiger partial charge in [-0.3, -0.25) is 14.8 Å². The van der Waals surface area contributed by atoms with Crippen molar-refractivity contribution >= 4 is 5.96 Å². The number of rotatable bonds is 8. The van der Waals surface area contributed by atoms with Crippen LogP contribution in [0.4, 0.5) is 0 Å². The minimum Gasteiger partial charge on any atom is -0.379 e. The maximum Gasteiger partial charge on any atom is 0.191 e. The van der Waals surface area contributed by atoms with Gasteiger partial charge in [0.15, 0.2) is 5.96 Å². The third-order valence-corrected chi connectivity index (χ3v) is 6.45. The molecule has 6 heteroatoms. The summed E-state index contributed by atoms with van der Waals surface area (Å²) >= 11 is 0. The lowest BCUT2D eigenvalue weighted by Gasteiger charge is -2.29. The number of nitrogens with one attached hydrogen (secondary N) is 2. The fourth-order valence-corrected chi connectivity index (χ4v) is 4.57. The summed E-state index contributed by atoms with van der Waals surface area (Å²) in [6.45, 7) is 8.68. The van der Waals surface area contributed by atoms with Crippen molar-refractivity contribution in [2.24, 2.45) is 4.99 Å². The molecular weight excluding hydrogens is 398 g/mol. The smallest absolute Gasteiger partial charge is 0.191 e. The first-order chi connectivity index (χ1) is 15.8. The third-order valence-electron chi connectivity index (χ3n) is 6.45. The van der Waals surface area contributed by atoms with Gasteiger partial charge in [-0.05, 0) is 42.6 Å². The Bertz CT molecular complexity index is 827. The molecule has 172 valence electrons. The summed E-state index contributed by atoms with van der Waals surface area (Å²) in [7, 11) is 1.84. The second-order valence-corrected chi connectivity index (χ2v) is 8.68. The first kappa shape index (κ1) is 22.8. The van der Waals surface area contributed by atoms with Gasteiger partial charge in [-0.2, -0.15) is 0 Å². The molecule has 2 aromatic rings. The Balaban J connectivity index is 1.27. The minimum absolute atomic E-state index is 0.372. The quantitative estimate of drug-likeness (QED) is 0.493. The maximum absolute atomic E-state index is 5.44. The zero-order valence-corrected chi connectivity index (χ0v) is 19.3. The Kier molecular flexibility index (Phi) is 8.54. The van der Waals surface area contributed by atoms with E-state index >= 15 is 0 Å². The van der Waals surface area contributed by atoms with Crippen LogP contribution < -0.4 is 10.6 Å². The standard InChI is InChI=1S/C26H37N5O/c1-27-26(29-20-25(31-13-5-6-14-31)24-7-3-2-4-8-24)28-19-22-9-11-23(12-10-22)21-30-15-17-32-18-16-30/h2-4,7-12,25H,5-6,13-21H2,1H3,(H2,27,28,29). The first-order valence-electron chi connectivity index (χ1n) is 11.9. The molecule has 1 unspecified atom stereocenters. The molecule has 0 spiro atoms. The van der Waals surface area contributed by atoms with E-state index in [0.717, 1.165) is 51.9 Å². The molecule has 0 aliphatic carbocycles. The van der Waals surface area contributed by atoms with Gasteiger partial charge >= 0.3 is 0 Å². The zero-order valence-electron chi connectivity index (χ0n) is 19.3. The molecule has 1 atom stereocenters. The molecule has 0 saturated carbocycles. The van der Waals surface area contributed by atoms with Gasteiger partial charge < -0.3 is 15.4 Å². The highest BCUT2D eigenvalue weighted by Crippen LogP contribution is 2.24. The third kappa shape index (κ3) is 6.55. The van der Waals surface area contributed by atoms with Crippen LogP contribution in [0.2, 0.25) is 0 Å². The molecule has 2 fully saturated rings. The molecule has 6 nitrogen and oxygen atoms in total. The molecule has 4 rings (SSSR count). The van der Waals surface area contributed by atoms with Gasteiger partial charge in [-0.15, -0.1) is 0 Å². The highest BCUT2D eigenvalue weighted by Gasteiger charge is 2.23. The number of likely N-dealkylation sites (tertiary alicyclic amines) is 1. The van der Waals surface area contributed by atoms with Crippen molar-refractivity contribution < 1.29 is 4.74 Å². The van der Waals surface area contributed by atoms with Gasteiger partial charge in [-0.25, -0.2) is 0 Å². The van der Waals surface area contributed by atoms with E-state index in [0.29, 0.717) is 6.04 Å². The summed E-state index contributed by atoms with van der Waals surface area (Å²) < 4.78 is 5.44. The molecule has 0 amide bonds. The normalized spacial score (nSPS) is 19.1. The summed E-state index contributed by atoms with van der Waals surface area (Å²) in [6, 6.07) is 20.1. The number of benzene rings is 2. The summed E-state index contributed by atoms with van der Waals surface area (Å²) in [5, 5.41) is 7.04. The van der Waals surface area contributed by atoms with E-state index in [1.165, 1.54) is 42.6 Å². The Morgan fingerprint density at radius 2 is 1.59 bits per heavy atom. The van der Waals surface area contributed by atoms with E-state index in [-0.39, 0.29) is 0 Å². The van der Waals surface area contributed by atoms with Crippen LogP contribution in [0.15, 0.2) is 59.6 Å². The average molecular weight is 436 g/mol. The first-order valence-corrected chi connectivity index (χ1v) is 11.9. The molecule has 2 heterocycles. The number of guanidine groups is 1. The van der Waals surface area contributed by atoms with E-state index in [4.69, 9.17) is 4.74 Å². The van der Waals surface area contributed by atoms with E-state index in [9.17, 15) is 0 Å². The Hall–Kier alpha value is -2.41. The molecule has 32 heavy (non-hydrogen) atoms. The molecule has 2 aliphatic rings. The molecular formula is C26H37N5O.